The smallest absolute Gasteiger partial charge is 0.345 e. The molecule has 7 nitrogen and oxygen atoms in total. The van der Waals surface area contributed by atoms with Crippen LogP contribution in [0.2, 0.25) is 0 Å². The van der Waals surface area contributed by atoms with Crippen molar-refractivity contribution < 1.29 is 14.7 Å². The molecule has 1 aliphatic rings. The van der Waals surface area contributed by atoms with E-state index in [9.17, 15) is 19.5 Å². The summed E-state index contributed by atoms with van der Waals surface area (Å²) in [7, 11) is 0. The maximum atomic E-state index is 12.9. The van der Waals surface area contributed by atoms with Crippen molar-refractivity contribution in [2.24, 2.45) is 0 Å². The van der Waals surface area contributed by atoms with E-state index >= 15 is 0 Å². The number of nitrogens with zero attached hydrogens (tertiary/aromatic N) is 2. The summed E-state index contributed by atoms with van der Waals surface area (Å²) in [5.41, 5.74) is -0.766. The van der Waals surface area contributed by atoms with E-state index in [1.807, 2.05) is 26.8 Å². The van der Waals surface area contributed by atoms with E-state index in [4.69, 9.17) is 0 Å². The van der Waals surface area contributed by atoms with Crippen molar-refractivity contribution in [2.45, 2.75) is 38.0 Å². The summed E-state index contributed by atoms with van der Waals surface area (Å²) < 4.78 is 0. The van der Waals surface area contributed by atoms with E-state index in [2.05, 4.69) is 9.97 Å². The number of hydrogen-bond donors (Lipinski definition) is 2. The molecule has 27 heavy (non-hydrogen) atoms. The average molecular weight is 369 g/mol. The number of nitrogens with one attached hydrogen (secondary N) is 1. The average Bonchev–Trinajstić information content (AvgIpc) is 3.07. The molecule has 2 aromatic rings. The highest BCUT2D eigenvalue weighted by atomic mass is 16.4. The first-order valence-electron chi connectivity index (χ1n) is 8.83. The molecule has 0 radical (unpaired) electrons. The molecule has 3 rings (SSSR count). The molecular weight excluding hydrogens is 346 g/mol. The molecule has 2 N–H and O–H groups in total. The van der Waals surface area contributed by atoms with Crippen LogP contribution in [0.15, 0.2) is 41.2 Å². The van der Waals surface area contributed by atoms with E-state index in [0.717, 1.165) is 0 Å². The number of aliphatic carboxylic acids is 1. The summed E-state index contributed by atoms with van der Waals surface area (Å²) >= 11 is 0. The fraction of sp³-hybridized carbons (Fsp3) is 0.400. The van der Waals surface area contributed by atoms with E-state index in [1.165, 1.54) is 4.90 Å². The standard InChI is InChI=1S/C20H23N3O4/c1-19(2,3)15-11-14(21-18(27)22-15)16(24)23-10-9-20(12-23,17(25)26)13-7-5-4-6-8-13/h4-8,11H,9-10,12H2,1-3H3,(H,25,26)(H,21,22,27)/t20-/m0/s1. The zero-order valence-electron chi connectivity index (χ0n) is 15.7. The van der Waals surface area contributed by atoms with Crippen LogP contribution in [-0.2, 0) is 15.6 Å². The van der Waals surface area contributed by atoms with Crippen molar-refractivity contribution in [3.63, 3.8) is 0 Å². The Morgan fingerprint density at radius 1 is 1.22 bits per heavy atom. The molecule has 0 spiro atoms. The number of carboxylic acid groups (broad SMARTS) is 1. The molecule has 1 saturated heterocycles. The maximum absolute atomic E-state index is 12.9. The van der Waals surface area contributed by atoms with E-state index in [-0.39, 0.29) is 17.7 Å². The Morgan fingerprint density at radius 2 is 1.89 bits per heavy atom. The highest BCUT2D eigenvalue weighted by molar-refractivity contribution is 5.94. The number of rotatable bonds is 3. The molecule has 0 saturated carbocycles. The monoisotopic (exact) mass is 369 g/mol. The Bertz CT molecular complexity index is 930. The van der Waals surface area contributed by atoms with Crippen LogP contribution >= 0.6 is 0 Å². The first-order chi connectivity index (χ1) is 12.6. The Labute approximate surface area is 157 Å². The largest absolute Gasteiger partial charge is 0.481 e. The minimum absolute atomic E-state index is 0.0397. The number of amides is 1. The van der Waals surface area contributed by atoms with Crippen LogP contribution < -0.4 is 5.69 Å². The topological polar surface area (TPSA) is 103 Å². The zero-order valence-corrected chi connectivity index (χ0v) is 15.7. The second-order valence-corrected chi connectivity index (χ2v) is 7.97. The van der Waals surface area contributed by atoms with Crippen LogP contribution in [0, 0.1) is 0 Å². The number of aromatic amines is 1. The fourth-order valence-corrected chi connectivity index (χ4v) is 3.41. The molecular formula is C20H23N3O4. The highest BCUT2D eigenvalue weighted by Gasteiger charge is 2.47. The third kappa shape index (κ3) is 3.49. The Balaban J connectivity index is 1.93. The van der Waals surface area contributed by atoms with Crippen LogP contribution in [0.5, 0.6) is 0 Å². The Kier molecular flexibility index (Phi) is 4.63. The third-order valence-electron chi connectivity index (χ3n) is 5.06. The fourth-order valence-electron chi connectivity index (χ4n) is 3.41. The molecule has 1 fully saturated rings. The molecule has 1 aliphatic heterocycles. The Morgan fingerprint density at radius 3 is 2.48 bits per heavy atom. The van der Waals surface area contributed by atoms with Gasteiger partial charge in [-0.2, -0.15) is 4.98 Å². The van der Waals surface area contributed by atoms with Gasteiger partial charge in [0.25, 0.3) is 5.91 Å². The third-order valence-corrected chi connectivity index (χ3v) is 5.06. The van der Waals surface area contributed by atoms with Crippen LogP contribution in [0.3, 0.4) is 0 Å². The lowest BCUT2D eigenvalue weighted by atomic mass is 9.80. The normalized spacial score (nSPS) is 19.9. The molecule has 7 heteroatoms. The minimum atomic E-state index is -1.15. The van der Waals surface area contributed by atoms with E-state index in [0.29, 0.717) is 24.2 Å². The van der Waals surface area contributed by atoms with Gasteiger partial charge in [-0.1, -0.05) is 51.1 Å². The number of benzene rings is 1. The molecule has 1 amide bonds. The van der Waals surface area contributed by atoms with Gasteiger partial charge in [0.1, 0.15) is 11.1 Å². The number of carbonyl (C=O) groups excluding carboxylic acids is 1. The van der Waals surface area contributed by atoms with Crippen molar-refractivity contribution in [1.29, 1.82) is 0 Å². The summed E-state index contributed by atoms with van der Waals surface area (Å²) in [4.78, 5) is 44.8. The van der Waals surface area contributed by atoms with Crippen LogP contribution in [0.25, 0.3) is 0 Å². The number of hydrogen-bond acceptors (Lipinski definition) is 4. The van der Waals surface area contributed by atoms with Gasteiger partial charge in [0.15, 0.2) is 0 Å². The van der Waals surface area contributed by atoms with Gasteiger partial charge in [0, 0.05) is 24.2 Å². The quantitative estimate of drug-likeness (QED) is 0.860. The summed E-state index contributed by atoms with van der Waals surface area (Å²) in [6.07, 6.45) is 0.313. The number of H-pyrrole nitrogens is 1. The van der Waals surface area contributed by atoms with Gasteiger partial charge in [-0.15, -0.1) is 0 Å². The summed E-state index contributed by atoms with van der Waals surface area (Å²) in [5.74, 6) is -1.39. The van der Waals surface area contributed by atoms with Crippen molar-refractivity contribution in [1.82, 2.24) is 14.9 Å². The van der Waals surface area contributed by atoms with Crippen molar-refractivity contribution in [2.75, 3.05) is 13.1 Å². The van der Waals surface area contributed by atoms with Crippen molar-refractivity contribution >= 4 is 11.9 Å². The molecule has 2 heterocycles. The SMILES string of the molecule is CC(C)(C)c1cc(C(=O)N2CC[C@@](C(=O)O)(c3ccccc3)C2)nc(=O)[nH]1. The van der Waals surface area contributed by atoms with Gasteiger partial charge >= 0.3 is 11.7 Å². The first kappa shape index (κ1) is 18.8. The van der Waals surface area contributed by atoms with Crippen LogP contribution in [0.1, 0.15) is 48.9 Å². The van der Waals surface area contributed by atoms with Gasteiger partial charge in [0.2, 0.25) is 0 Å². The summed E-state index contributed by atoms with van der Waals surface area (Å²) in [6, 6.07) is 10.5. The highest BCUT2D eigenvalue weighted by Crippen LogP contribution is 2.35. The zero-order chi connectivity index (χ0) is 19.8. The number of likely N-dealkylation sites (tertiary alicyclic amines) is 1. The predicted molar refractivity (Wildman–Crippen MR) is 99.8 cm³/mol. The van der Waals surface area contributed by atoms with E-state index in [1.54, 1.807) is 30.3 Å². The van der Waals surface area contributed by atoms with Gasteiger partial charge in [-0.3, -0.25) is 9.59 Å². The van der Waals surface area contributed by atoms with Crippen LogP contribution in [-0.4, -0.2) is 44.9 Å². The number of carboxylic acids is 1. The number of aromatic nitrogens is 2. The second kappa shape index (κ2) is 6.64. The Hall–Kier alpha value is -2.96. The van der Waals surface area contributed by atoms with Gasteiger partial charge in [0.05, 0.1) is 0 Å². The molecule has 1 aromatic heterocycles. The minimum Gasteiger partial charge on any atom is -0.481 e. The van der Waals surface area contributed by atoms with Crippen LogP contribution in [0.4, 0.5) is 0 Å². The second-order valence-electron chi connectivity index (χ2n) is 7.97. The lowest BCUT2D eigenvalue weighted by Gasteiger charge is -2.25. The predicted octanol–water partition coefficient (Wildman–Crippen LogP) is 1.94. The lowest BCUT2D eigenvalue weighted by molar-refractivity contribution is -0.143. The maximum Gasteiger partial charge on any atom is 0.345 e. The van der Waals surface area contributed by atoms with E-state index < -0.39 is 23.0 Å². The first-order valence-corrected chi connectivity index (χ1v) is 8.83. The van der Waals surface area contributed by atoms with Gasteiger partial charge in [-0.25, -0.2) is 4.79 Å². The molecule has 1 aromatic carbocycles. The van der Waals surface area contributed by atoms with Gasteiger partial charge < -0.3 is 15.0 Å². The molecule has 0 unspecified atom stereocenters. The molecule has 1 atom stereocenters. The van der Waals surface area contributed by atoms with Crippen molar-refractivity contribution in [3.05, 3.63) is 63.8 Å². The lowest BCUT2D eigenvalue weighted by Crippen LogP contribution is -2.41. The molecule has 0 aliphatic carbocycles. The molecule has 0 bridgehead atoms. The summed E-state index contributed by atoms with van der Waals surface area (Å²) in [5, 5.41) is 9.87. The van der Waals surface area contributed by atoms with Crippen molar-refractivity contribution in [3.8, 4) is 0 Å². The summed E-state index contributed by atoms with van der Waals surface area (Å²) in [6.45, 7) is 6.11. The van der Waals surface area contributed by atoms with Gasteiger partial charge in [-0.05, 0) is 18.1 Å². The molecule has 142 valence electrons. The number of carbonyl (C=O) groups is 2.